The zero-order chi connectivity index (χ0) is 17.3. The first-order valence-electron chi connectivity index (χ1n) is 8.24. The summed E-state index contributed by atoms with van der Waals surface area (Å²) in [4.78, 5) is 28.9. The second-order valence-electron chi connectivity index (χ2n) is 6.22. The Labute approximate surface area is 141 Å². The van der Waals surface area contributed by atoms with Crippen LogP contribution in [0.2, 0.25) is 0 Å². The van der Waals surface area contributed by atoms with E-state index in [1.165, 1.54) is 0 Å². The molecule has 1 aliphatic carbocycles. The van der Waals surface area contributed by atoms with Crippen molar-refractivity contribution < 1.29 is 19.1 Å². The van der Waals surface area contributed by atoms with Crippen LogP contribution in [-0.2, 0) is 20.9 Å². The molecule has 1 aliphatic rings. The summed E-state index contributed by atoms with van der Waals surface area (Å²) in [5, 5.41) is 0.895. The summed E-state index contributed by atoms with van der Waals surface area (Å²) in [5.41, 5.74) is 2.41. The van der Waals surface area contributed by atoms with E-state index < -0.39 is 5.97 Å². The van der Waals surface area contributed by atoms with Crippen molar-refractivity contribution in [2.75, 3.05) is 6.61 Å². The highest BCUT2D eigenvalue weighted by atomic mass is 16.5. The highest BCUT2D eigenvalue weighted by molar-refractivity contribution is 5.98. The minimum atomic E-state index is -0.431. The van der Waals surface area contributed by atoms with Crippen molar-refractivity contribution in [2.24, 2.45) is 11.8 Å². The van der Waals surface area contributed by atoms with Gasteiger partial charge in [0.25, 0.3) is 0 Å². The SMILES string of the molecule is CCOC(=O)c1c(COC(=O)[C@H]2C[C@@H]2C)nc2ccccc2c1C. The molecule has 24 heavy (non-hydrogen) atoms. The van der Waals surface area contributed by atoms with Crippen LogP contribution in [0.4, 0.5) is 0 Å². The number of aromatic nitrogens is 1. The molecule has 5 nitrogen and oxygen atoms in total. The monoisotopic (exact) mass is 327 g/mol. The van der Waals surface area contributed by atoms with E-state index in [1.54, 1.807) is 6.92 Å². The summed E-state index contributed by atoms with van der Waals surface area (Å²) in [7, 11) is 0. The number of pyridine rings is 1. The molecule has 0 bridgehead atoms. The Kier molecular flexibility index (Phi) is 4.51. The molecule has 0 radical (unpaired) electrons. The molecule has 0 saturated heterocycles. The third kappa shape index (κ3) is 3.11. The lowest BCUT2D eigenvalue weighted by molar-refractivity contribution is -0.147. The number of para-hydroxylation sites is 1. The Balaban J connectivity index is 1.95. The van der Waals surface area contributed by atoms with Crippen molar-refractivity contribution in [2.45, 2.75) is 33.8 Å². The normalized spacial score (nSPS) is 19.1. The predicted molar refractivity (Wildman–Crippen MR) is 89.5 cm³/mol. The number of hydrogen-bond acceptors (Lipinski definition) is 5. The lowest BCUT2D eigenvalue weighted by Crippen LogP contribution is -2.15. The highest BCUT2D eigenvalue weighted by Crippen LogP contribution is 2.38. The van der Waals surface area contributed by atoms with E-state index in [2.05, 4.69) is 4.98 Å². The Hall–Kier alpha value is -2.43. The van der Waals surface area contributed by atoms with Crippen molar-refractivity contribution in [1.82, 2.24) is 4.98 Å². The van der Waals surface area contributed by atoms with Crippen molar-refractivity contribution in [3.05, 3.63) is 41.1 Å². The van der Waals surface area contributed by atoms with Gasteiger partial charge in [-0.1, -0.05) is 25.1 Å². The van der Waals surface area contributed by atoms with Gasteiger partial charge >= 0.3 is 11.9 Å². The zero-order valence-corrected chi connectivity index (χ0v) is 14.2. The molecule has 0 amide bonds. The van der Waals surface area contributed by atoms with Crippen molar-refractivity contribution >= 4 is 22.8 Å². The summed E-state index contributed by atoms with van der Waals surface area (Å²) in [6.45, 7) is 5.92. The number of nitrogens with zero attached hydrogens (tertiary/aromatic N) is 1. The fraction of sp³-hybridized carbons (Fsp3) is 0.421. The van der Waals surface area contributed by atoms with Crippen LogP contribution < -0.4 is 0 Å². The molecule has 2 aromatic rings. The molecule has 1 saturated carbocycles. The lowest BCUT2D eigenvalue weighted by atomic mass is 10.0. The average Bonchev–Trinajstić information content (AvgIpc) is 3.30. The maximum Gasteiger partial charge on any atom is 0.340 e. The second kappa shape index (κ2) is 6.59. The molecule has 5 heteroatoms. The molecule has 1 aromatic heterocycles. The van der Waals surface area contributed by atoms with Gasteiger partial charge in [-0.3, -0.25) is 4.79 Å². The number of benzene rings is 1. The number of fused-ring (bicyclic) bond motifs is 1. The molecular weight excluding hydrogens is 306 g/mol. The predicted octanol–water partition coefficient (Wildman–Crippen LogP) is 3.42. The number of rotatable bonds is 5. The van der Waals surface area contributed by atoms with Gasteiger partial charge in [0.2, 0.25) is 0 Å². The van der Waals surface area contributed by atoms with Gasteiger partial charge < -0.3 is 9.47 Å². The van der Waals surface area contributed by atoms with Gasteiger partial charge in [-0.25, -0.2) is 9.78 Å². The molecule has 0 spiro atoms. The molecule has 0 N–H and O–H groups in total. The fourth-order valence-electron chi connectivity index (χ4n) is 2.92. The summed E-state index contributed by atoms with van der Waals surface area (Å²) < 4.78 is 10.5. The van der Waals surface area contributed by atoms with Crippen LogP contribution in [0, 0.1) is 18.8 Å². The Morgan fingerprint density at radius 3 is 2.62 bits per heavy atom. The minimum Gasteiger partial charge on any atom is -0.462 e. The van der Waals surface area contributed by atoms with Crippen LogP contribution in [0.5, 0.6) is 0 Å². The highest BCUT2D eigenvalue weighted by Gasteiger charge is 2.40. The maximum atomic E-state index is 12.4. The topological polar surface area (TPSA) is 65.5 Å². The molecule has 1 heterocycles. The van der Waals surface area contributed by atoms with Gasteiger partial charge in [0.05, 0.1) is 29.3 Å². The Bertz CT molecular complexity index is 799. The molecule has 1 fully saturated rings. The largest absolute Gasteiger partial charge is 0.462 e. The third-order valence-electron chi connectivity index (χ3n) is 4.47. The quantitative estimate of drug-likeness (QED) is 0.787. The number of carbonyl (C=O) groups is 2. The number of ether oxygens (including phenoxy) is 2. The fourth-order valence-corrected chi connectivity index (χ4v) is 2.92. The van der Waals surface area contributed by atoms with Gasteiger partial charge in [-0.15, -0.1) is 0 Å². The first kappa shape index (κ1) is 16.4. The van der Waals surface area contributed by atoms with Crippen LogP contribution in [0.15, 0.2) is 24.3 Å². The molecule has 1 aromatic carbocycles. The number of hydrogen-bond donors (Lipinski definition) is 0. The third-order valence-corrected chi connectivity index (χ3v) is 4.47. The van der Waals surface area contributed by atoms with Gasteiger partial charge in [0.1, 0.15) is 6.61 Å². The van der Waals surface area contributed by atoms with Gasteiger partial charge in [0, 0.05) is 5.39 Å². The smallest absolute Gasteiger partial charge is 0.340 e. The Morgan fingerprint density at radius 2 is 1.96 bits per heavy atom. The van der Waals surface area contributed by atoms with Gasteiger partial charge in [-0.2, -0.15) is 0 Å². The van der Waals surface area contributed by atoms with Crippen LogP contribution in [0.3, 0.4) is 0 Å². The molecule has 0 unspecified atom stereocenters. The first-order valence-corrected chi connectivity index (χ1v) is 8.24. The lowest BCUT2D eigenvalue weighted by Gasteiger charge is -2.14. The summed E-state index contributed by atoms with van der Waals surface area (Å²) in [6.07, 6.45) is 0.869. The van der Waals surface area contributed by atoms with Gasteiger partial charge in [-0.05, 0) is 37.8 Å². The number of aryl methyl sites for hydroxylation is 1. The standard InChI is InChI=1S/C19H21NO4/c1-4-23-19(22)17-12(3)13-7-5-6-8-15(13)20-16(17)10-24-18(21)14-9-11(14)2/h5-8,11,14H,4,9-10H2,1-3H3/t11-,14-/m0/s1. The van der Waals surface area contributed by atoms with E-state index >= 15 is 0 Å². The van der Waals surface area contributed by atoms with Crippen LogP contribution >= 0.6 is 0 Å². The first-order chi connectivity index (χ1) is 11.5. The van der Waals surface area contributed by atoms with E-state index in [0.29, 0.717) is 17.2 Å². The van der Waals surface area contributed by atoms with E-state index in [4.69, 9.17) is 9.47 Å². The summed E-state index contributed by atoms with van der Waals surface area (Å²) in [6, 6.07) is 7.59. The molecule has 3 rings (SSSR count). The molecule has 126 valence electrons. The van der Waals surface area contributed by atoms with Gasteiger partial charge in [0.15, 0.2) is 0 Å². The second-order valence-corrected chi connectivity index (χ2v) is 6.22. The summed E-state index contributed by atoms with van der Waals surface area (Å²) >= 11 is 0. The van der Waals surface area contributed by atoms with E-state index in [1.807, 2.05) is 38.1 Å². The average molecular weight is 327 g/mol. The van der Waals surface area contributed by atoms with E-state index in [9.17, 15) is 9.59 Å². The number of esters is 2. The molecular formula is C19H21NO4. The minimum absolute atomic E-state index is 0.0120. The van der Waals surface area contributed by atoms with E-state index in [0.717, 1.165) is 22.9 Å². The zero-order valence-electron chi connectivity index (χ0n) is 14.2. The van der Waals surface area contributed by atoms with Crippen molar-refractivity contribution in [3.8, 4) is 0 Å². The van der Waals surface area contributed by atoms with Crippen molar-refractivity contribution in [1.29, 1.82) is 0 Å². The summed E-state index contributed by atoms with van der Waals surface area (Å²) in [5.74, 6) is -0.282. The number of carbonyl (C=O) groups excluding carboxylic acids is 2. The van der Waals surface area contributed by atoms with Crippen LogP contribution in [0.25, 0.3) is 10.9 Å². The maximum absolute atomic E-state index is 12.4. The van der Waals surface area contributed by atoms with Crippen molar-refractivity contribution in [3.63, 3.8) is 0 Å². The van der Waals surface area contributed by atoms with Crippen LogP contribution in [-0.4, -0.2) is 23.5 Å². The Morgan fingerprint density at radius 1 is 1.25 bits per heavy atom. The molecule has 0 aliphatic heterocycles. The van der Waals surface area contributed by atoms with Crippen LogP contribution in [0.1, 0.15) is 41.9 Å². The van der Waals surface area contributed by atoms with E-state index in [-0.39, 0.29) is 25.1 Å². The molecule has 2 atom stereocenters.